The minimum absolute atomic E-state index is 0.338. The van der Waals surface area contributed by atoms with E-state index in [9.17, 15) is 4.79 Å². The molecule has 1 atom stereocenters. The maximum absolute atomic E-state index is 11.8. The molecule has 4 nitrogen and oxygen atoms in total. The van der Waals surface area contributed by atoms with Crippen LogP contribution in [0.4, 0.5) is 0 Å². The zero-order valence-corrected chi connectivity index (χ0v) is 10.7. The van der Waals surface area contributed by atoms with Gasteiger partial charge in [0, 0.05) is 12.7 Å². The number of nitrogens with one attached hydrogen (secondary N) is 1. The summed E-state index contributed by atoms with van der Waals surface area (Å²) in [7, 11) is 1.38. The Bertz CT molecular complexity index is 514. The first-order valence-corrected chi connectivity index (χ1v) is 6.07. The van der Waals surface area contributed by atoms with Crippen molar-refractivity contribution in [2.75, 3.05) is 7.11 Å². The summed E-state index contributed by atoms with van der Waals surface area (Å²) in [5.74, 6) is -0.338. The number of hydrogen-bond acceptors (Lipinski definition) is 4. The summed E-state index contributed by atoms with van der Waals surface area (Å²) in [6, 6.07) is 14.8. The van der Waals surface area contributed by atoms with Crippen molar-refractivity contribution in [1.82, 2.24) is 10.3 Å². The van der Waals surface area contributed by atoms with Crippen LogP contribution in [0.2, 0.25) is 0 Å². The second-order valence-corrected chi connectivity index (χ2v) is 4.08. The number of pyridine rings is 1. The molecule has 0 amide bonds. The lowest BCUT2D eigenvalue weighted by Crippen LogP contribution is -2.30. The summed E-state index contributed by atoms with van der Waals surface area (Å²) in [6.07, 6.45) is 1.66. The lowest BCUT2D eigenvalue weighted by molar-refractivity contribution is -0.143. The van der Waals surface area contributed by atoms with Crippen LogP contribution in [-0.4, -0.2) is 18.1 Å². The first-order chi connectivity index (χ1) is 9.31. The molecule has 1 heterocycles. The topological polar surface area (TPSA) is 51.2 Å². The van der Waals surface area contributed by atoms with Gasteiger partial charge in [0.2, 0.25) is 0 Å². The van der Waals surface area contributed by atoms with Crippen LogP contribution in [0.25, 0.3) is 0 Å². The highest BCUT2D eigenvalue weighted by atomic mass is 16.5. The number of esters is 1. The molecule has 0 radical (unpaired) electrons. The molecule has 0 unspecified atom stereocenters. The molecule has 2 aromatic rings. The predicted octanol–water partition coefficient (Wildman–Crippen LogP) is 2.09. The van der Waals surface area contributed by atoms with Crippen molar-refractivity contribution in [3.63, 3.8) is 0 Å². The minimum atomic E-state index is -0.550. The van der Waals surface area contributed by atoms with Crippen molar-refractivity contribution in [3.05, 3.63) is 66.0 Å². The van der Waals surface area contributed by atoms with Crippen LogP contribution in [0.3, 0.4) is 0 Å². The van der Waals surface area contributed by atoms with Gasteiger partial charge >= 0.3 is 5.97 Å². The fraction of sp³-hybridized carbons (Fsp3) is 0.200. The van der Waals surface area contributed by atoms with Crippen molar-refractivity contribution in [3.8, 4) is 0 Å². The SMILES string of the molecule is COC(=O)[C@@H](NCc1ccccc1)c1ccccn1. The lowest BCUT2D eigenvalue weighted by Gasteiger charge is -2.15. The molecule has 0 aliphatic rings. The van der Waals surface area contributed by atoms with Crippen LogP contribution in [-0.2, 0) is 16.1 Å². The standard InChI is InChI=1S/C15H16N2O2/c1-19-15(18)14(13-9-5-6-10-16-13)17-11-12-7-3-2-4-8-12/h2-10,14,17H,11H2,1H3/t14-/m0/s1. The summed E-state index contributed by atoms with van der Waals surface area (Å²) in [4.78, 5) is 16.0. The monoisotopic (exact) mass is 256 g/mol. The molecule has 2 rings (SSSR count). The number of rotatable bonds is 5. The molecule has 1 aromatic heterocycles. The summed E-state index contributed by atoms with van der Waals surface area (Å²) >= 11 is 0. The maximum Gasteiger partial charge on any atom is 0.329 e. The number of benzene rings is 1. The Labute approximate surface area is 112 Å². The average Bonchev–Trinajstić information content (AvgIpc) is 2.49. The van der Waals surface area contributed by atoms with E-state index in [1.54, 1.807) is 12.3 Å². The third-order valence-corrected chi connectivity index (χ3v) is 2.77. The molecule has 0 aliphatic carbocycles. The second kappa shape index (κ2) is 6.66. The first-order valence-electron chi connectivity index (χ1n) is 6.07. The zero-order valence-electron chi connectivity index (χ0n) is 10.7. The van der Waals surface area contributed by atoms with Crippen LogP contribution >= 0.6 is 0 Å². The van der Waals surface area contributed by atoms with Crippen molar-refractivity contribution in [1.29, 1.82) is 0 Å². The Hall–Kier alpha value is -2.20. The molecule has 0 bridgehead atoms. The van der Waals surface area contributed by atoms with Gasteiger partial charge in [-0.05, 0) is 17.7 Å². The smallest absolute Gasteiger partial charge is 0.329 e. The summed E-state index contributed by atoms with van der Waals surface area (Å²) in [5.41, 5.74) is 1.76. The molecule has 0 fully saturated rings. The number of nitrogens with zero attached hydrogens (tertiary/aromatic N) is 1. The van der Waals surface area contributed by atoms with Crippen molar-refractivity contribution < 1.29 is 9.53 Å². The molecule has 0 saturated heterocycles. The van der Waals surface area contributed by atoms with Crippen LogP contribution in [0.1, 0.15) is 17.3 Å². The van der Waals surface area contributed by atoms with E-state index in [0.717, 1.165) is 5.56 Å². The van der Waals surface area contributed by atoms with Gasteiger partial charge in [0.05, 0.1) is 12.8 Å². The summed E-state index contributed by atoms with van der Waals surface area (Å²) in [5, 5.41) is 3.17. The van der Waals surface area contributed by atoms with E-state index in [2.05, 4.69) is 10.3 Å². The van der Waals surface area contributed by atoms with Gasteiger partial charge in [-0.3, -0.25) is 10.3 Å². The second-order valence-electron chi connectivity index (χ2n) is 4.08. The first kappa shape index (κ1) is 13.2. The van der Waals surface area contributed by atoms with E-state index in [0.29, 0.717) is 12.2 Å². The van der Waals surface area contributed by atoms with Crippen LogP contribution in [0, 0.1) is 0 Å². The molecule has 1 aromatic carbocycles. The van der Waals surface area contributed by atoms with E-state index in [-0.39, 0.29) is 5.97 Å². The van der Waals surface area contributed by atoms with Crippen LogP contribution in [0.5, 0.6) is 0 Å². The third kappa shape index (κ3) is 3.63. The molecule has 4 heteroatoms. The average molecular weight is 256 g/mol. The maximum atomic E-state index is 11.8. The molecule has 1 N–H and O–H groups in total. The number of carbonyl (C=O) groups is 1. The quantitative estimate of drug-likeness (QED) is 0.832. The normalized spacial score (nSPS) is 11.8. The predicted molar refractivity (Wildman–Crippen MR) is 72.3 cm³/mol. The molecule has 0 saturated carbocycles. The Balaban J connectivity index is 2.09. The summed E-state index contributed by atoms with van der Waals surface area (Å²) in [6.45, 7) is 0.581. The van der Waals surface area contributed by atoms with Crippen molar-refractivity contribution in [2.45, 2.75) is 12.6 Å². The van der Waals surface area contributed by atoms with Crippen LogP contribution in [0.15, 0.2) is 54.7 Å². The highest BCUT2D eigenvalue weighted by molar-refractivity contribution is 5.76. The molecule has 0 aliphatic heterocycles. The van der Waals surface area contributed by atoms with Gasteiger partial charge < -0.3 is 4.74 Å². The number of ether oxygens (including phenoxy) is 1. The Morgan fingerprint density at radius 1 is 1.21 bits per heavy atom. The van der Waals surface area contributed by atoms with Gasteiger partial charge in [-0.2, -0.15) is 0 Å². The molecule has 0 spiro atoms. The molecule has 19 heavy (non-hydrogen) atoms. The number of carbonyl (C=O) groups excluding carboxylic acids is 1. The fourth-order valence-corrected chi connectivity index (χ4v) is 1.79. The van der Waals surface area contributed by atoms with E-state index in [4.69, 9.17) is 4.74 Å². The third-order valence-electron chi connectivity index (χ3n) is 2.77. The van der Waals surface area contributed by atoms with E-state index in [1.165, 1.54) is 7.11 Å². The molecular weight excluding hydrogens is 240 g/mol. The highest BCUT2D eigenvalue weighted by Gasteiger charge is 2.21. The Morgan fingerprint density at radius 2 is 1.95 bits per heavy atom. The Kier molecular flexibility index (Phi) is 4.64. The fourth-order valence-electron chi connectivity index (χ4n) is 1.79. The number of hydrogen-bond donors (Lipinski definition) is 1. The van der Waals surface area contributed by atoms with E-state index < -0.39 is 6.04 Å². The molecular formula is C15H16N2O2. The van der Waals surface area contributed by atoms with Crippen LogP contribution < -0.4 is 5.32 Å². The van der Waals surface area contributed by atoms with E-state index >= 15 is 0 Å². The van der Waals surface area contributed by atoms with Gasteiger partial charge in [0.15, 0.2) is 0 Å². The van der Waals surface area contributed by atoms with Gasteiger partial charge in [0.25, 0.3) is 0 Å². The van der Waals surface area contributed by atoms with Crippen molar-refractivity contribution >= 4 is 5.97 Å². The Morgan fingerprint density at radius 3 is 2.58 bits per heavy atom. The van der Waals surface area contributed by atoms with Gasteiger partial charge in [-0.1, -0.05) is 36.4 Å². The number of methoxy groups -OCH3 is 1. The van der Waals surface area contributed by atoms with Gasteiger partial charge in [0.1, 0.15) is 6.04 Å². The lowest BCUT2D eigenvalue weighted by atomic mass is 10.1. The zero-order chi connectivity index (χ0) is 13.5. The molecule has 98 valence electrons. The van der Waals surface area contributed by atoms with Crippen molar-refractivity contribution in [2.24, 2.45) is 0 Å². The van der Waals surface area contributed by atoms with Gasteiger partial charge in [-0.25, -0.2) is 4.79 Å². The minimum Gasteiger partial charge on any atom is -0.468 e. The highest BCUT2D eigenvalue weighted by Crippen LogP contribution is 2.12. The number of aromatic nitrogens is 1. The van der Waals surface area contributed by atoms with E-state index in [1.807, 2.05) is 42.5 Å². The van der Waals surface area contributed by atoms with Gasteiger partial charge in [-0.15, -0.1) is 0 Å². The summed E-state index contributed by atoms with van der Waals surface area (Å²) < 4.78 is 4.81. The largest absolute Gasteiger partial charge is 0.468 e.